The summed E-state index contributed by atoms with van der Waals surface area (Å²) in [6, 6.07) is 47.6. The number of fused-ring (bicyclic) bond motifs is 8. The molecule has 0 amide bonds. The lowest BCUT2D eigenvalue weighted by Crippen LogP contribution is -2.01. The minimum atomic E-state index is 0.595. The first kappa shape index (κ1) is 25.0. The van der Waals surface area contributed by atoms with Crippen molar-refractivity contribution in [3.63, 3.8) is 0 Å². The molecule has 3 heterocycles. The van der Waals surface area contributed by atoms with E-state index in [9.17, 15) is 0 Å². The van der Waals surface area contributed by atoms with Gasteiger partial charge in [-0.25, -0.2) is 15.0 Å². The summed E-state index contributed by atoms with van der Waals surface area (Å²) < 4.78 is 12.4. The fourth-order valence-corrected chi connectivity index (χ4v) is 6.73. The second-order valence-corrected chi connectivity index (χ2v) is 11.6. The van der Waals surface area contributed by atoms with Gasteiger partial charge in [-0.05, 0) is 57.9 Å². The van der Waals surface area contributed by atoms with Gasteiger partial charge in [0, 0.05) is 38.2 Å². The Hall–Kier alpha value is -6.33. The van der Waals surface area contributed by atoms with Gasteiger partial charge in [-0.15, -0.1) is 0 Å². The lowest BCUT2D eigenvalue weighted by atomic mass is 10.0. The summed E-state index contributed by atoms with van der Waals surface area (Å²) in [6.45, 7) is 0. The third-order valence-electron chi connectivity index (χ3n) is 8.90. The molecule has 0 aliphatic heterocycles. The van der Waals surface area contributed by atoms with Crippen LogP contribution in [-0.2, 0) is 0 Å². The van der Waals surface area contributed by atoms with Gasteiger partial charge in [0.05, 0.1) is 0 Å². The number of nitrogens with zero attached hydrogens (tertiary/aromatic N) is 3. The van der Waals surface area contributed by atoms with Crippen LogP contribution in [0.3, 0.4) is 0 Å². The molecule has 0 radical (unpaired) electrons. The molecule has 0 aliphatic rings. The Kier molecular flexibility index (Phi) is 5.22. The van der Waals surface area contributed by atoms with Crippen LogP contribution < -0.4 is 0 Å². The van der Waals surface area contributed by atoms with E-state index in [1.165, 1.54) is 0 Å². The maximum atomic E-state index is 6.23. The highest BCUT2D eigenvalue weighted by Crippen LogP contribution is 2.38. The smallest absolute Gasteiger partial charge is 0.164 e. The Morgan fingerprint density at radius 1 is 0.348 bits per heavy atom. The van der Waals surface area contributed by atoms with Gasteiger partial charge in [0.2, 0.25) is 0 Å². The Morgan fingerprint density at radius 3 is 1.87 bits per heavy atom. The van der Waals surface area contributed by atoms with Crippen molar-refractivity contribution >= 4 is 65.4 Å². The fraction of sp³-hybridized carbons (Fsp3) is 0. The van der Waals surface area contributed by atoms with Gasteiger partial charge in [0.1, 0.15) is 22.3 Å². The zero-order chi connectivity index (χ0) is 30.2. The van der Waals surface area contributed by atoms with Crippen molar-refractivity contribution < 1.29 is 8.83 Å². The summed E-state index contributed by atoms with van der Waals surface area (Å²) >= 11 is 0. The van der Waals surface area contributed by atoms with Crippen LogP contribution in [0, 0.1) is 0 Å². The molecule has 0 saturated heterocycles. The van der Waals surface area contributed by atoms with E-state index in [-0.39, 0.29) is 0 Å². The van der Waals surface area contributed by atoms with Crippen molar-refractivity contribution in [3.8, 4) is 34.2 Å². The second-order valence-electron chi connectivity index (χ2n) is 11.6. The first-order valence-corrected chi connectivity index (χ1v) is 15.3. The van der Waals surface area contributed by atoms with E-state index >= 15 is 0 Å². The first-order valence-electron chi connectivity index (χ1n) is 15.3. The summed E-state index contributed by atoms with van der Waals surface area (Å²) in [5, 5.41) is 8.65. The van der Waals surface area contributed by atoms with Gasteiger partial charge in [-0.3, -0.25) is 0 Å². The van der Waals surface area contributed by atoms with Crippen molar-refractivity contribution in [2.75, 3.05) is 0 Å². The van der Waals surface area contributed by atoms with Crippen LogP contribution in [0.4, 0.5) is 0 Å². The van der Waals surface area contributed by atoms with Crippen molar-refractivity contribution in [1.29, 1.82) is 0 Å². The molecule has 0 fully saturated rings. The molecule has 0 bridgehead atoms. The summed E-state index contributed by atoms with van der Waals surface area (Å²) in [5.41, 5.74) is 6.13. The van der Waals surface area contributed by atoms with Crippen LogP contribution in [0.1, 0.15) is 0 Å². The lowest BCUT2D eigenvalue weighted by Gasteiger charge is -2.11. The molecule has 10 aromatic rings. The summed E-state index contributed by atoms with van der Waals surface area (Å²) in [4.78, 5) is 15.4. The first-order chi connectivity index (χ1) is 22.8. The molecule has 0 saturated carbocycles. The number of benzene rings is 7. The molecule has 7 aromatic carbocycles. The molecular weight excluding hydrogens is 566 g/mol. The predicted molar refractivity (Wildman–Crippen MR) is 186 cm³/mol. The van der Waals surface area contributed by atoms with E-state index in [2.05, 4.69) is 91.0 Å². The van der Waals surface area contributed by atoms with E-state index in [4.69, 9.17) is 23.8 Å². The largest absolute Gasteiger partial charge is 0.456 e. The Labute approximate surface area is 262 Å². The van der Waals surface area contributed by atoms with Crippen LogP contribution in [-0.4, -0.2) is 15.0 Å². The second kappa shape index (κ2) is 9.58. The highest BCUT2D eigenvalue weighted by molar-refractivity contribution is 6.12. The summed E-state index contributed by atoms with van der Waals surface area (Å²) in [7, 11) is 0. The number of furan rings is 2. The average molecular weight is 590 g/mol. The normalized spacial score (nSPS) is 11.9. The average Bonchev–Trinajstić information content (AvgIpc) is 3.68. The van der Waals surface area contributed by atoms with Crippen molar-refractivity contribution in [2.45, 2.75) is 0 Å². The third-order valence-corrected chi connectivity index (χ3v) is 8.90. The van der Waals surface area contributed by atoms with Gasteiger partial charge in [0.15, 0.2) is 17.5 Å². The highest BCUT2D eigenvalue weighted by atomic mass is 16.3. The van der Waals surface area contributed by atoms with Gasteiger partial charge in [-0.1, -0.05) is 103 Å². The molecule has 5 heteroatoms. The zero-order valence-electron chi connectivity index (χ0n) is 24.4. The molecule has 46 heavy (non-hydrogen) atoms. The fourth-order valence-electron chi connectivity index (χ4n) is 6.73. The van der Waals surface area contributed by atoms with E-state index in [0.717, 1.165) is 82.1 Å². The van der Waals surface area contributed by atoms with E-state index < -0.39 is 0 Å². The molecule has 214 valence electrons. The van der Waals surface area contributed by atoms with E-state index in [1.807, 2.05) is 48.5 Å². The Morgan fingerprint density at radius 2 is 0.978 bits per heavy atom. The molecule has 0 N–H and O–H groups in total. The minimum Gasteiger partial charge on any atom is -0.456 e. The number of hydrogen-bond acceptors (Lipinski definition) is 5. The predicted octanol–water partition coefficient (Wildman–Crippen LogP) is 11.0. The standard InChI is InChI=1S/C41H23N3O2/c1-2-11-28-24(9-1)10-7-14-30(28)40-42-39(43-41(44-40)32-15-8-18-36-38(32)31-13-4-6-17-35(31)45-36)26-20-19-25-22-33-29-12-3-5-16-34(29)46-37(33)23-27(25)21-26/h1-23H. The van der Waals surface area contributed by atoms with E-state index in [1.54, 1.807) is 0 Å². The van der Waals surface area contributed by atoms with Crippen LogP contribution in [0.2, 0.25) is 0 Å². The van der Waals surface area contributed by atoms with Gasteiger partial charge < -0.3 is 8.83 Å². The highest BCUT2D eigenvalue weighted by Gasteiger charge is 2.19. The Bertz CT molecular complexity index is 2820. The Balaban J connectivity index is 1.23. The number of aromatic nitrogens is 3. The molecule has 3 aromatic heterocycles. The molecule has 10 rings (SSSR count). The van der Waals surface area contributed by atoms with Gasteiger partial charge in [0.25, 0.3) is 0 Å². The van der Waals surface area contributed by atoms with Crippen LogP contribution >= 0.6 is 0 Å². The van der Waals surface area contributed by atoms with Crippen LogP contribution in [0.5, 0.6) is 0 Å². The SMILES string of the molecule is c1ccc2c(-c3nc(-c4ccc5cc6c(cc5c4)oc4ccccc46)nc(-c4cccc5oc6ccccc6c45)n3)cccc2c1. The maximum absolute atomic E-state index is 6.23. The minimum absolute atomic E-state index is 0.595. The topological polar surface area (TPSA) is 65.0 Å². The number of rotatable bonds is 3. The molecule has 0 spiro atoms. The summed E-state index contributed by atoms with van der Waals surface area (Å²) in [6.07, 6.45) is 0. The van der Waals surface area contributed by atoms with Gasteiger partial charge >= 0.3 is 0 Å². The van der Waals surface area contributed by atoms with E-state index in [0.29, 0.717) is 17.5 Å². The molecule has 0 unspecified atom stereocenters. The van der Waals surface area contributed by atoms with Crippen LogP contribution in [0.15, 0.2) is 148 Å². The summed E-state index contributed by atoms with van der Waals surface area (Å²) in [5.74, 6) is 1.82. The quantitative estimate of drug-likeness (QED) is 0.205. The molecule has 5 nitrogen and oxygen atoms in total. The maximum Gasteiger partial charge on any atom is 0.164 e. The number of hydrogen-bond donors (Lipinski definition) is 0. The van der Waals surface area contributed by atoms with Crippen molar-refractivity contribution in [1.82, 2.24) is 15.0 Å². The van der Waals surface area contributed by atoms with Crippen molar-refractivity contribution in [3.05, 3.63) is 140 Å². The monoisotopic (exact) mass is 589 g/mol. The van der Waals surface area contributed by atoms with Crippen LogP contribution in [0.25, 0.3) is 99.6 Å². The molecule has 0 atom stereocenters. The van der Waals surface area contributed by atoms with Crippen molar-refractivity contribution in [2.24, 2.45) is 0 Å². The zero-order valence-corrected chi connectivity index (χ0v) is 24.4. The lowest BCUT2D eigenvalue weighted by molar-refractivity contribution is 0.669. The van der Waals surface area contributed by atoms with Gasteiger partial charge in [-0.2, -0.15) is 0 Å². The third kappa shape index (κ3) is 3.79. The number of para-hydroxylation sites is 2. The molecule has 0 aliphatic carbocycles. The molecular formula is C41H23N3O2.